The smallest absolute Gasteiger partial charge is 0.224 e. The van der Waals surface area contributed by atoms with E-state index in [9.17, 15) is 9.59 Å². The lowest BCUT2D eigenvalue weighted by Gasteiger charge is -2.03. The van der Waals surface area contributed by atoms with Gasteiger partial charge in [0.1, 0.15) is 0 Å². The Labute approximate surface area is 132 Å². The van der Waals surface area contributed by atoms with Crippen molar-refractivity contribution in [3.8, 4) is 0 Å². The van der Waals surface area contributed by atoms with Crippen molar-refractivity contribution in [1.82, 2.24) is 10.3 Å². The lowest BCUT2D eigenvalue weighted by molar-refractivity contribution is -0.120. The molecule has 0 fully saturated rings. The topological polar surface area (TPSA) is 59.1 Å². The number of amides is 1. The van der Waals surface area contributed by atoms with Crippen LogP contribution >= 0.6 is 22.7 Å². The van der Waals surface area contributed by atoms with Crippen molar-refractivity contribution in [1.29, 1.82) is 0 Å². The van der Waals surface area contributed by atoms with E-state index in [2.05, 4.69) is 17.2 Å². The Hall–Kier alpha value is -1.53. The van der Waals surface area contributed by atoms with Gasteiger partial charge in [-0.15, -0.1) is 22.7 Å². The van der Waals surface area contributed by atoms with E-state index in [1.54, 1.807) is 17.4 Å². The molecule has 0 saturated heterocycles. The Balaban J connectivity index is 1.89. The predicted molar refractivity (Wildman–Crippen MR) is 86.1 cm³/mol. The van der Waals surface area contributed by atoms with Crippen molar-refractivity contribution in [2.24, 2.45) is 0 Å². The van der Waals surface area contributed by atoms with Crippen LogP contribution in [0.25, 0.3) is 0 Å². The minimum atomic E-state index is -0.0336. The number of rotatable bonds is 6. The highest BCUT2D eigenvalue weighted by molar-refractivity contribution is 7.12. The van der Waals surface area contributed by atoms with Gasteiger partial charge in [-0.2, -0.15) is 0 Å². The van der Waals surface area contributed by atoms with Crippen LogP contribution in [0.15, 0.2) is 11.4 Å². The normalized spacial score (nSPS) is 10.6. The van der Waals surface area contributed by atoms with E-state index in [0.717, 1.165) is 27.6 Å². The van der Waals surface area contributed by atoms with Crippen LogP contribution in [0.1, 0.15) is 44.7 Å². The first-order valence-corrected chi connectivity index (χ1v) is 8.49. The number of nitrogens with one attached hydrogen (secondary N) is 1. The van der Waals surface area contributed by atoms with Crippen molar-refractivity contribution in [2.45, 2.75) is 40.2 Å². The summed E-state index contributed by atoms with van der Waals surface area (Å²) in [6, 6.07) is 1.79. The van der Waals surface area contributed by atoms with Gasteiger partial charge in [0.15, 0.2) is 5.78 Å². The second-order valence-corrected chi connectivity index (χ2v) is 6.88. The second kappa shape index (κ2) is 6.95. The fraction of sp³-hybridized carbons (Fsp3) is 0.400. The molecule has 0 radical (unpaired) electrons. The number of carbonyl (C=O) groups excluding carboxylic acids is 2. The maximum atomic E-state index is 11.9. The number of thiazole rings is 1. The molecule has 112 valence electrons. The Morgan fingerprint density at radius 3 is 2.71 bits per heavy atom. The van der Waals surface area contributed by atoms with Gasteiger partial charge in [-0.1, -0.05) is 6.92 Å². The molecule has 0 saturated carbocycles. The summed E-state index contributed by atoms with van der Waals surface area (Å²) in [5.74, 6) is 0.00721. The zero-order valence-corrected chi connectivity index (χ0v) is 14.0. The highest BCUT2D eigenvalue weighted by Gasteiger charge is 2.10. The first-order valence-electron chi connectivity index (χ1n) is 6.79. The number of hydrogen-bond acceptors (Lipinski definition) is 5. The van der Waals surface area contributed by atoms with E-state index in [1.807, 2.05) is 12.3 Å². The van der Waals surface area contributed by atoms with E-state index in [1.165, 1.54) is 18.3 Å². The van der Waals surface area contributed by atoms with E-state index < -0.39 is 0 Å². The highest BCUT2D eigenvalue weighted by Crippen LogP contribution is 2.19. The third kappa shape index (κ3) is 4.22. The third-order valence-electron chi connectivity index (χ3n) is 3.05. The van der Waals surface area contributed by atoms with Crippen molar-refractivity contribution in [2.75, 3.05) is 0 Å². The maximum absolute atomic E-state index is 11.9. The lowest BCUT2D eigenvalue weighted by atomic mass is 10.2. The fourth-order valence-corrected chi connectivity index (χ4v) is 3.65. The van der Waals surface area contributed by atoms with E-state index in [-0.39, 0.29) is 11.7 Å². The molecule has 4 nitrogen and oxygen atoms in total. The third-order valence-corrected chi connectivity index (χ3v) is 5.43. The van der Waals surface area contributed by atoms with Crippen LogP contribution in [0.2, 0.25) is 0 Å². The fourth-order valence-electron chi connectivity index (χ4n) is 1.88. The summed E-state index contributed by atoms with van der Waals surface area (Å²) in [6.45, 7) is 6.10. The zero-order chi connectivity index (χ0) is 15.4. The number of Topliss-reactive ketones (excluding diaryl/α,β-unsaturated/α-hetero) is 1. The maximum Gasteiger partial charge on any atom is 0.224 e. The molecule has 1 amide bonds. The monoisotopic (exact) mass is 322 g/mol. The number of aryl methyl sites for hydroxylation is 2. The van der Waals surface area contributed by atoms with Gasteiger partial charge >= 0.3 is 0 Å². The van der Waals surface area contributed by atoms with Crippen LogP contribution in [0.4, 0.5) is 0 Å². The Morgan fingerprint density at radius 2 is 2.14 bits per heavy atom. The molecule has 0 atom stereocenters. The van der Waals surface area contributed by atoms with Gasteiger partial charge < -0.3 is 5.32 Å². The molecule has 2 rings (SSSR count). The number of nitrogens with zero attached hydrogens (tertiary/aromatic N) is 1. The first kappa shape index (κ1) is 15.9. The summed E-state index contributed by atoms with van der Waals surface area (Å²) in [5, 5.41) is 5.88. The summed E-state index contributed by atoms with van der Waals surface area (Å²) >= 11 is 3.03. The molecule has 0 aromatic carbocycles. The Morgan fingerprint density at radius 1 is 1.38 bits per heavy atom. The number of ketones is 1. The van der Waals surface area contributed by atoms with Crippen molar-refractivity contribution in [3.63, 3.8) is 0 Å². The van der Waals surface area contributed by atoms with Crippen LogP contribution in [0.3, 0.4) is 0 Å². The number of carbonyl (C=O) groups is 2. The SMILES string of the molecule is CCc1nc(C)c(CNC(=O)Cc2csc(C(C)=O)c2)s1. The van der Waals surface area contributed by atoms with Crippen molar-refractivity contribution < 1.29 is 9.59 Å². The van der Waals surface area contributed by atoms with Gasteiger partial charge in [0.2, 0.25) is 5.91 Å². The largest absolute Gasteiger partial charge is 0.351 e. The molecule has 0 bridgehead atoms. The van der Waals surface area contributed by atoms with E-state index >= 15 is 0 Å². The van der Waals surface area contributed by atoms with Crippen LogP contribution in [0, 0.1) is 6.92 Å². The number of thiophene rings is 1. The molecule has 0 spiro atoms. The summed E-state index contributed by atoms with van der Waals surface area (Å²) in [6.07, 6.45) is 1.23. The van der Waals surface area contributed by atoms with Gasteiger partial charge in [0.25, 0.3) is 0 Å². The quantitative estimate of drug-likeness (QED) is 0.831. The van der Waals surface area contributed by atoms with Crippen LogP contribution in [-0.4, -0.2) is 16.7 Å². The molecule has 2 heterocycles. The summed E-state index contributed by atoms with van der Waals surface area (Å²) < 4.78 is 0. The molecular weight excluding hydrogens is 304 g/mol. The minimum absolute atomic E-state index is 0.0336. The molecule has 6 heteroatoms. The molecular formula is C15H18N2O2S2. The first-order chi connectivity index (χ1) is 9.99. The molecule has 1 N–H and O–H groups in total. The lowest BCUT2D eigenvalue weighted by Crippen LogP contribution is -2.24. The molecule has 0 unspecified atom stereocenters. The minimum Gasteiger partial charge on any atom is -0.351 e. The summed E-state index contributed by atoms with van der Waals surface area (Å²) in [7, 11) is 0. The van der Waals surface area contributed by atoms with Crippen LogP contribution in [0.5, 0.6) is 0 Å². The summed E-state index contributed by atoms with van der Waals surface area (Å²) in [4.78, 5) is 29.4. The predicted octanol–water partition coefficient (Wildman–Crippen LogP) is 3.14. The van der Waals surface area contributed by atoms with E-state index in [4.69, 9.17) is 0 Å². The van der Waals surface area contributed by atoms with Crippen LogP contribution in [-0.2, 0) is 24.2 Å². The van der Waals surface area contributed by atoms with Crippen LogP contribution < -0.4 is 5.32 Å². The van der Waals surface area contributed by atoms with Gasteiger partial charge in [0.05, 0.1) is 28.5 Å². The van der Waals surface area contributed by atoms with Gasteiger partial charge in [-0.05, 0) is 37.3 Å². The van der Waals surface area contributed by atoms with Gasteiger partial charge in [-0.3, -0.25) is 9.59 Å². The Kier molecular flexibility index (Phi) is 5.25. The zero-order valence-electron chi connectivity index (χ0n) is 12.4. The molecule has 0 aliphatic rings. The van der Waals surface area contributed by atoms with E-state index in [0.29, 0.717) is 17.8 Å². The molecule has 2 aromatic rings. The standard InChI is InChI=1S/C15H18N2O2S2/c1-4-15-17-9(2)13(21-15)7-16-14(19)6-11-5-12(10(3)18)20-8-11/h5,8H,4,6-7H2,1-3H3,(H,16,19). The molecule has 0 aliphatic heterocycles. The Bertz CT molecular complexity index is 658. The number of hydrogen-bond donors (Lipinski definition) is 1. The van der Waals surface area contributed by atoms with Gasteiger partial charge in [0, 0.05) is 4.88 Å². The highest BCUT2D eigenvalue weighted by atomic mass is 32.1. The van der Waals surface area contributed by atoms with Gasteiger partial charge in [-0.25, -0.2) is 4.98 Å². The molecule has 21 heavy (non-hydrogen) atoms. The average molecular weight is 322 g/mol. The molecule has 2 aromatic heterocycles. The molecule has 0 aliphatic carbocycles. The number of aromatic nitrogens is 1. The van der Waals surface area contributed by atoms with Crippen molar-refractivity contribution in [3.05, 3.63) is 37.5 Å². The second-order valence-electron chi connectivity index (χ2n) is 4.80. The van der Waals surface area contributed by atoms with Crippen molar-refractivity contribution >= 4 is 34.4 Å². The summed E-state index contributed by atoms with van der Waals surface area (Å²) in [5.41, 5.74) is 1.88. The average Bonchev–Trinajstić information content (AvgIpc) is 3.03.